The van der Waals surface area contributed by atoms with Gasteiger partial charge in [0.2, 0.25) is 0 Å². The predicted molar refractivity (Wildman–Crippen MR) is 143 cm³/mol. The van der Waals surface area contributed by atoms with Crippen LogP contribution in [0.4, 0.5) is 9.18 Å². The Balaban J connectivity index is 2.24. The van der Waals surface area contributed by atoms with Gasteiger partial charge in [-0.3, -0.25) is 4.90 Å². The number of aryl methyl sites for hydroxylation is 1. The molecule has 1 amide bonds. The van der Waals surface area contributed by atoms with E-state index in [0.29, 0.717) is 12.0 Å². The molecule has 39 heavy (non-hydrogen) atoms. The summed E-state index contributed by atoms with van der Waals surface area (Å²) in [7, 11) is 1.32. The number of alkyl halides is 1. The van der Waals surface area contributed by atoms with E-state index in [1.54, 1.807) is 69.3 Å². The molecular formula is C30H37FN2O6. The molecule has 210 valence electrons. The zero-order valence-electron chi connectivity index (χ0n) is 23.4. The van der Waals surface area contributed by atoms with Crippen molar-refractivity contribution >= 4 is 18.0 Å². The molecule has 8 nitrogen and oxygen atoms in total. The lowest BCUT2D eigenvalue weighted by atomic mass is 10.00. The van der Waals surface area contributed by atoms with Crippen molar-refractivity contribution in [3.05, 3.63) is 71.3 Å². The number of nitrogens with zero attached hydrogens (tertiary/aromatic N) is 2. The van der Waals surface area contributed by atoms with E-state index >= 15 is 0 Å². The normalized spacial score (nSPS) is 13.0. The Labute approximate surface area is 229 Å². The summed E-state index contributed by atoms with van der Waals surface area (Å²) in [6.07, 6.45) is -2.09. The van der Waals surface area contributed by atoms with Crippen molar-refractivity contribution in [2.75, 3.05) is 7.05 Å². The average Bonchev–Trinajstić information content (AvgIpc) is 2.87. The molecule has 0 aromatic heterocycles. The van der Waals surface area contributed by atoms with Crippen LogP contribution in [0.25, 0.3) is 0 Å². The Morgan fingerprint density at radius 1 is 0.949 bits per heavy atom. The minimum Gasteiger partial charge on any atom is -0.458 e. The number of hydrogen-bond donors (Lipinski definition) is 0. The van der Waals surface area contributed by atoms with Crippen LogP contribution in [0.3, 0.4) is 0 Å². The van der Waals surface area contributed by atoms with Gasteiger partial charge in [-0.25, -0.2) is 18.8 Å². The van der Waals surface area contributed by atoms with Crippen molar-refractivity contribution in [3.8, 4) is 6.07 Å². The van der Waals surface area contributed by atoms with Gasteiger partial charge < -0.3 is 14.2 Å². The second kappa shape index (κ2) is 13.7. The highest BCUT2D eigenvalue weighted by Crippen LogP contribution is 2.23. The third kappa shape index (κ3) is 11.1. The van der Waals surface area contributed by atoms with Gasteiger partial charge in [0, 0.05) is 13.5 Å². The third-order valence-electron chi connectivity index (χ3n) is 5.62. The first-order chi connectivity index (χ1) is 18.2. The number of amides is 1. The quantitative estimate of drug-likeness (QED) is 0.273. The molecule has 0 fully saturated rings. The van der Waals surface area contributed by atoms with E-state index in [9.17, 15) is 18.8 Å². The molecule has 0 heterocycles. The first kappa shape index (κ1) is 31.3. The molecule has 0 aliphatic carbocycles. The van der Waals surface area contributed by atoms with E-state index in [0.717, 1.165) is 16.0 Å². The number of likely N-dealkylation sites (N-methyl/N-ethyl adjacent to an activating group) is 1. The van der Waals surface area contributed by atoms with Crippen LogP contribution in [-0.2, 0) is 36.8 Å². The van der Waals surface area contributed by atoms with E-state index in [-0.39, 0.29) is 19.4 Å². The maximum atomic E-state index is 14.7. The summed E-state index contributed by atoms with van der Waals surface area (Å²) < 4.78 is 31.1. The van der Waals surface area contributed by atoms with E-state index in [2.05, 4.69) is 0 Å². The fraction of sp³-hybridized carbons (Fsp3) is 0.467. The maximum Gasteiger partial charge on any atom is 0.410 e. The summed E-state index contributed by atoms with van der Waals surface area (Å²) >= 11 is 0. The number of carbonyl (C=O) groups is 3. The minimum atomic E-state index is -1.83. The summed E-state index contributed by atoms with van der Waals surface area (Å²) in [5.41, 5.74) is -0.601. The zero-order valence-corrected chi connectivity index (χ0v) is 23.4. The van der Waals surface area contributed by atoms with Crippen LogP contribution in [0.1, 0.15) is 64.2 Å². The van der Waals surface area contributed by atoms with Crippen LogP contribution in [0.5, 0.6) is 0 Å². The van der Waals surface area contributed by atoms with Crippen molar-refractivity contribution in [3.63, 3.8) is 0 Å². The molecule has 2 aromatic carbocycles. The monoisotopic (exact) mass is 540 g/mol. The molecule has 0 spiro atoms. The number of esters is 2. The molecule has 9 heteroatoms. The fourth-order valence-electron chi connectivity index (χ4n) is 3.61. The van der Waals surface area contributed by atoms with Gasteiger partial charge in [-0.2, -0.15) is 5.26 Å². The van der Waals surface area contributed by atoms with Crippen LogP contribution in [0.2, 0.25) is 0 Å². The van der Waals surface area contributed by atoms with E-state index in [4.69, 9.17) is 19.5 Å². The first-order valence-electron chi connectivity index (χ1n) is 12.7. The summed E-state index contributed by atoms with van der Waals surface area (Å²) in [6.45, 7) is 7.57. The van der Waals surface area contributed by atoms with E-state index in [1.807, 2.05) is 12.1 Å². The lowest BCUT2D eigenvalue weighted by molar-refractivity contribution is -0.172. The summed E-state index contributed by atoms with van der Waals surface area (Å²) in [5.74, 6) is -1.71. The van der Waals surface area contributed by atoms with Gasteiger partial charge in [0.15, 0.2) is 6.10 Å². The Morgan fingerprint density at radius 2 is 1.56 bits per heavy atom. The summed E-state index contributed by atoms with van der Waals surface area (Å²) in [5, 5.41) is 9.02. The molecule has 0 aliphatic heterocycles. The average molecular weight is 541 g/mol. The topological polar surface area (TPSA) is 106 Å². The Hall–Kier alpha value is -3.93. The number of ether oxygens (including phenoxy) is 3. The molecule has 2 rings (SSSR count). The van der Waals surface area contributed by atoms with E-state index in [1.165, 1.54) is 20.9 Å². The molecular weight excluding hydrogens is 503 g/mol. The van der Waals surface area contributed by atoms with Crippen molar-refractivity contribution in [2.45, 2.75) is 83.9 Å². The number of carbonyl (C=O) groups excluding carboxylic acids is 3. The Kier molecular flexibility index (Phi) is 11.0. The number of nitriles is 1. The molecule has 2 aromatic rings. The molecule has 0 saturated carbocycles. The van der Waals surface area contributed by atoms with Gasteiger partial charge >= 0.3 is 18.0 Å². The van der Waals surface area contributed by atoms with Gasteiger partial charge in [0.1, 0.15) is 23.9 Å². The van der Waals surface area contributed by atoms with Crippen molar-refractivity contribution in [2.24, 2.45) is 0 Å². The maximum absolute atomic E-state index is 14.7. The van der Waals surface area contributed by atoms with Crippen LogP contribution >= 0.6 is 0 Å². The molecule has 2 atom stereocenters. The number of rotatable bonds is 11. The van der Waals surface area contributed by atoms with Gasteiger partial charge in [-0.05, 0) is 70.7 Å². The zero-order chi connectivity index (χ0) is 29.2. The van der Waals surface area contributed by atoms with Crippen LogP contribution in [-0.4, -0.2) is 53.4 Å². The third-order valence-corrected chi connectivity index (χ3v) is 5.62. The highest BCUT2D eigenvalue weighted by atomic mass is 19.1. The molecule has 0 N–H and O–H groups in total. The smallest absolute Gasteiger partial charge is 0.410 e. The molecule has 0 radical (unpaired) electrons. The van der Waals surface area contributed by atoms with Gasteiger partial charge in [-0.1, -0.05) is 42.5 Å². The molecule has 0 bridgehead atoms. The highest BCUT2D eigenvalue weighted by Gasteiger charge is 2.38. The largest absolute Gasteiger partial charge is 0.458 e. The second-order valence-electron chi connectivity index (χ2n) is 10.9. The Bertz CT molecular complexity index is 1150. The lowest BCUT2D eigenvalue weighted by Crippen LogP contribution is -2.49. The van der Waals surface area contributed by atoms with Crippen LogP contribution < -0.4 is 0 Å². The molecule has 0 aliphatic rings. The number of halogens is 1. The number of hydrogen-bond acceptors (Lipinski definition) is 7. The summed E-state index contributed by atoms with van der Waals surface area (Å²) in [4.78, 5) is 40.1. The van der Waals surface area contributed by atoms with Gasteiger partial charge in [-0.15, -0.1) is 0 Å². The van der Waals surface area contributed by atoms with Crippen molar-refractivity contribution < 1.29 is 33.0 Å². The van der Waals surface area contributed by atoms with Gasteiger partial charge in [0.25, 0.3) is 0 Å². The second-order valence-corrected chi connectivity index (χ2v) is 10.9. The predicted octanol–water partition coefficient (Wildman–Crippen LogP) is 5.52. The summed E-state index contributed by atoms with van der Waals surface area (Å²) in [6, 6.07) is 16.5. The minimum absolute atomic E-state index is 0.0245. The Morgan fingerprint density at radius 3 is 2.10 bits per heavy atom. The standard InChI is InChI=1S/C30H37FN2O6/c1-29(2,3)39-28(36)33(6)24(18-30(4,5)31)26(34)38-25(17-16-21-12-14-22(19-32)15-13-21)27(35)37-20-23-10-8-7-9-11-23/h7-15,24-25H,16-18,20H2,1-6H3/t24-,25+/m0/s1. The lowest BCUT2D eigenvalue weighted by Gasteiger charge is -2.32. The first-order valence-corrected chi connectivity index (χ1v) is 12.7. The molecule has 0 unspecified atom stereocenters. The van der Waals surface area contributed by atoms with E-state index < -0.39 is 41.4 Å². The van der Waals surface area contributed by atoms with Crippen molar-refractivity contribution in [1.29, 1.82) is 5.26 Å². The van der Waals surface area contributed by atoms with Gasteiger partial charge in [0.05, 0.1) is 11.6 Å². The number of benzene rings is 2. The van der Waals surface area contributed by atoms with Crippen LogP contribution in [0, 0.1) is 11.3 Å². The van der Waals surface area contributed by atoms with Crippen LogP contribution in [0.15, 0.2) is 54.6 Å². The SMILES string of the molecule is CN(C(=O)OC(C)(C)C)[C@@H](CC(C)(C)F)C(=O)O[C@H](CCc1ccc(C#N)cc1)C(=O)OCc1ccccc1. The fourth-order valence-corrected chi connectivity index (χ4v) is 3.61. The highest BCUT2D eigenvalue weighted by molar-refractivity contribution is 5.84. The molecule has 0 saturated heterocycles. The van der Waals surface area contributed by atoms with Crippen molar-refractivity contribution in [1.82, 2.24) is 4.90 Å².